The second kappa shape index (κ2) is 5.24. The standard InChI is InChI=1S/C15H13FN4O/c1-21-14-6-9(16)2-4-13(14)20-15-11-7-10(17)3-5-12(11)18-8-19-15/h2-8H,17H2,1H3,(H,18,19,20). The van der Waals surface area contributed by atoms with E-state index in [0.29, 0.717) is 22.9 Å². The van der Waals surface area contributed by atoms with Gasteiger partial charge in [0.15, 0.2) is 0 Å². The minimum Gasteiger partial charge on any atom is -0.494 e. The van der Waals surface area contributed by atoms with Crippen LogP contribution in [0.1, 0.15) is 0 Å². The van der Waals surface area contributed by atoms with Crippen LogP contribution in [0.15, 0.2) is 42.7 Å². The number of halogens is 1. The van der Waals surface area contributed by atoms with Crippen molar-refractivity contribution in [2.45, 2.75) is 0 Å². The van der Waals surface area contributed by atoms with E-state index in [1.54, 1.807) is 18.2 Å². The first-order chi connectivity index (χ1) is 10.2. The summed E-state index contributed by atoms with van der Waals surface area (Å²) in [6.45, 7) is 0. The molecule has 0 saturated carbocycles. The highest BCUT2D eigenvalue weighted by molar-refractivity contribution is 5.93. The van der Waals surface area contributed by atoms with Gasteiger partial charge in [0.2, 0.25) is 0 Å². The van der Waals surface area contributed by atoms with Crippen molar-refractivity contribution >= 4 is 28.1 Å². The number of methoxy groups -OCH3 is 1. The second-order valence-corrected chi connectivity index (χ2v) is 4.47. The van der Waals surface area contributed by atoms with Crippen LogP contribution < -0.4 is 15.8 Å². The maximum absolute atomic E-state index is 13.2. The summed E-state index contributed by atoms with van der Waals surface area (Å²) in [6, 6.07) is 9.63. The Labute approximate surface area is 120 Å². The molecule has 6 heteroatoms. The zero-order valence-electron chi connectivity index (χ0n) is 11.3. The number of nitrogen functional groups attached to an aromatic ring is 1. The van der Waals surface area contributed by atoms with Gasteiger partial charge in [0, 0.05) is 17.1 Å². The molecular weight excluding hydrogens is 271 g/mol. The van der Waals surface area contributed by atoms with Gasteiger partial charge in [-0.1, -0.05) is 0 Å². The fraction of sp³-hybridized carbons (Fsp3) is 0.0667. The molecule has 1 aromatic heterocycles. The van der Waals surface area contributed by atoms with Gasteiger partial charge in [0.1, 0.15) is 23.7 Å². The van der Waals surface area contributed by atoms with Crippen LogP contribution in [0.5, 0.6) is 5.75 Å². The molecule has 106 valence electrons. The van der Waals surface area contributed by atoms with Gasteiger partial charge in [-0.2, -0.15) is 0 Å². The number of nitrogens with zero attached hydrogens (tertiary/aromatic N) is 2. The molecule has 0 aliphatic rings. The number of fused-ring (bicyclic) bond motifs is 1. The summed E-state index contributed by atoms with van der Waals surface area (Å²) in [7, 11) is 1.48. The number of hydrogen-bond acceptors (Lipinski definition) is 5. The Morgan fingerprint density at radius 1 is 1.14 bits per heavy atom. The highest BCUT2D eigenvalue weighted by Crippen LogP contribution is 2.30. The van der Waals surface area contributed by atoms with Gasteiger partial charge < -0.3 is 15.8 Å². The molecule has 0 amide bonds. The van der Waals surface area contributed by atoms with E-state index in [0.717, 1.165) is 10.9 Å². The van der Waals surface area contributed by atoms with Gasteiger partial charge in [-0.3, -0.25) is 0 Å². The Bertz CT molecular complexity index is 807. The van der Waals surface area contributed by atoms with Gasteiger partial charge in [-0.15, -0.1) is 0 Å². The largest absolute Gasteiger partial charge is 0.494 e. The van der Waals surface area contributed by atoms with Crippen molar-refractivity contribution in [3.8, 4) is 5.75 Å². The molecule has 0 spiro atoms. The fourth-order valence-corrected chi connectivity index (χ4v) is 2.07. The molecule has 5 nitrogen and oxygen atoms in total. The molecule has 0 bridgehead atoms. The molecule has 3 rings (SSSR count). The van der Waals surface area contributed by atoms with E-state index in [1.165, 1.54) is 25.6 Å². The van der Waals surface area contributed by atoms with E-state index < -0.39 is 0 Å². The maximum atomic E-state index is 13.2. The molecule has 0 aliphatic carbocycles. The third-order valence-electron chi connectivity index (χ3n) is 3.08. The minimum absolute atomic E-state index is 0.366. The Hall–Kier alpha value is -2.89. The Morgan fingerprint density at radius 3 is 2.81 bits per heavy atom. The Morgan fingerprint density at radius 2 is 2.00 bits per heavy atom. The Kier molecular flexibility index (Phi) is 3.27. The topological polar surface area (TPSA) is 73.1 Å². The number of nitrogens with two attached hydrogens (primary N) is 1. The zero-order chi connectivity index (χ0) is 14.8. The van der Waals surface area contributed by atoms with Crippen molar-refractivity contribution in [2.75, 3.05) is 18.2 Å². The lowest BCUT2D eigenvalue weighted by molar-refractivity contribution is 0.413. The molecule has 0 radical (unpaired) electrons. The van der Waals surface area contributed by atoms with Crippen molar-refractivity contribution in [2.24, 2.45) is 0 Å². The smallest absolute Gasteiger partial charge is 0.145 e. The van der Waals surface area contributed by atoms with Crippen LogP contribution in [0.25, 0.3) is 10.9 Å². The molecule has 0 unspecified atom stereocenters. The zero-order valence-corrected chi connectivity index (χ0v) is 11.3. The molecule has 21 heavy (non-hydrogen) atoms. The summed E-state index contributed by atoms with van der Waals surface area (Å²) in [5, 5.41) is 3.90. The van der Waals surface area contributed by atoms with Crippen molar-refractivity contribution in [3.63, 3.8) is 0 Å². The summed E-state index contributed by atoms with van der Waals surface area (Å²) in [4.78, 5) is 8.40. The highest BCUT2D eigenvalue weighted by atomic mass is 19.1. The van der Waals surface area contributed by atoms with Crippen LogP contribution in [0.3, 0.4) is 0 Å². The van der Waals surface area contributed by atoms with E-state index in [1.807, 2.05) is 6.07 Å². The lowest BCUT2D eigenvalue weighted by Gasteiger charge is -2.12. The first-order valence-corrected chi connectivity index (χ1v) is 6.28. The van der Waals surface area contributed by atoms with Crippen molar-refractivity contribution < 1.29 is 9.13 Å². The molecular formula is C15H13FN4O. The lowest BCUT2D eigenvalue weighted by atomic mass is 10.2. The van der Waals surface area contributed by atoms with Gasteiger partial charge in [0.25, 0.3) is 0 Å². The number of benzene rings is 2. The second-order valence-electron chi connectivity index (χ2n) is 4.47. The number of anilines is 3. The average Bonchev–Trinajstić information content (AvgIpc) is 2.49. The predicted octanol–water partition coefficient (Wildman–Crippen LogP) is 3.10. The van der Waals surface area contributed by atoms with E-state index in [-0.39, 0.29) is 5.82 Å². The van der Waals surface area contributed by atoms with Crippen LogP contribution in [0, 0.1) is 5.82 Å². The van der Waals surface area contributed by atoms with Crippen molar-refractivity contribution in [1.82, 2.24) is 9.97 Å². The van der Waals surface area contributed by atoms with E-state index in [4.69, 9.17) is 10.5 Å². The van der Waals surface area contributed by atoms with Gasteiger partial charge in [0.05, 0.1) is 18.3 Å². The first kappa shape index (κ1) is 13.1. The fourth-order valence-electron chi connectivity index (χ4n) is 2.07. The molecule has 2 aromatic carbocycles. The lowest BCUT2D eigenvalue weighted by Crippen LogP contribution is -1.99. The molecule has 3 aromatic rings. The SMILES string of the molecule is COc1cc(F)ccc1Nc1ncnc2ccc(N)cc12. The third kappa shape index (κ3) is 2.55. The summed E-state index contributed by atoms with van der Waals surface area (Å²) < 4.78 is 18.4. The minimum atomic E-state index is -0.366. The van der Waals surface area contributed by atoms with Crippen LogP contribution in [-0.4, -0.2) is 17.1 Å². The molecule has 0 saturated heterocycles. The average molecular weight is 284 g/mol. The van der Waals surface area contributed by atoms with Crippen molar-refractivity contribution in [3.05, 3.63) is 48.5 Å². The summed E-state index contributed by atoms with van der Waals surface area (Å²) in [6.07, 6.45) is 1.46. The highest BCUT2D eigenvalue weighted by Gasteiger charge is 2.09. The van der Waals surface area contributed by atoms with E-state index in [2.05, 4.69) is 15.3 Å². The van der Waals surface area contributed by atoms with Gasteiger partial charge >= 0.3 is 0 Å². The van der Waals surface area contributed by atoms with Crippen LogP contribution >= 0.6 is 0 Å². The summed E-state index contributed by atoms with van der Waals surface area (Å²) >= 11 is 0. The number of nitrogens with one attached hydrogen (secondary N) is 1. The molecule has 1 heterocycles. The van der Waals surface area contributed by atoms with Gasteiger partial charge in [-0.05, 0) is 30.3 Å². The van der Waals surface area contributed by atoms with Crippen molar-refractivity contribution in [1.29, 1.82) is 0 Å². The first-order valence-electron chi connectivity index (χ1n) is 6.28. The van der Waals surface area contributed by atoms with E-state index >= 15 is 0 Å². The third-order valence-corrected chi connectivity index (χ3v) is 3.08. The number of rotatable bonds is 3. The van der Waals surface area contributed by atoms with Crippen LogP contribution in [0.2, 0.25) is 0 Å². The Balaban J connectivity index is 2.08. The quantitative estimate of drug-likeness (QED) is 0.723. The molecule has 0 fully saturated rings. The normalized spacial score (nSPS) is 10.6. The predicted molar refractivity (Wildman–Crippen MR) is 80.2 cm³/mol. The molecule has 0 atom stereocenters. The van der Waals surface area contributed by atoms with E-state index in [9.17, 15) is 4.39 Å². The monoisotopic (exact) mass is 284 g/mol. The summed E-state index contributed by atoms with van der Waals surface area (Å²) in [5.74, 6) is 0.608. The van der Waals surface area contributed by atoms with Crippen LogP contribution in [0.4, 0.5) is 21.6 Å². The number of aromatic nitrogens is 2. The number of ether oxygens (including phenoxy) is 1. The molecule has 3 N–H and O–H groups in total. The van der Waals surface area contributed by atoms with Crippen LogP contribution in [-0.2, 0) is 0 Å². The summed E-state index contributed by atoms with van der Waals surface area (Å²) in [5.41, 5.74) is 7.80. The maximum Gasteiger partial charge on any atom is 0.145 e. The van der Waals surface area contributed by atoms with Gasteiger partial charge in [-0.25, -0.2) is 14.4 Å². The molecule has 0 aliphatic heterocycles. The number of hydrogen-bond donors (Lipinski definition) is 2.